The van der Waals surface area contributed by atoms with Crippen molar-refractivity contribution in [3.63, 3.8) is 0 Å². The summed E-state index contributed by atoms with van der Waals surface area (Å²) < 4.78 is 2.85. The van der Waals surface area contributed by atoms with Gasteiger partial charge in [0.2, 0.25) is 0 Å². The molecule has 2 aromatic carbocycles. The average Bonchev–Trinajstić information content (AvgIpc) is 2.74. The molecular formula is C16H16S. The van der Waals surface area contributed by atoms with Crippen LogP contribution in [0.2, 0.25) is 0 Å². The van der Waals surface area contributed by atoms with Gasteiger partial charge in [-0.25, -0.2) is 0 Å². The molecule has 0 unspecified atom stereocenters. The van der Waals surface area contributed by atoms with Crippen molar-refractivity contribution in [2.75, 3.05) is 0 Å². The fourth-order valence-electron chi connectivity index (χ4n) is 2.31. The van der Waals surface area contributed by atoms with Crippen LogP contribution < -0.4 is 0 Å². The molecule has 0 saturated carbocycles. The molecule has 0 aliphatic rings. The fraction of sp³-hybridized carbons (Fsp3) is 0.250. The maximum atomic E-state index is 2.34. The standard InChI is InChI=1S/C16H16S/c1-3-11-5-7-13-14-8-6-12(4-2)10-16(14)17-15(13)9-11/h5-10H,3-4H2,1-2H3. The minimum atomic E-state index is 1.12. The van der Waals surface area contributed by atoms with Gasteiger partial charge in [0.1, 0.15) is 0 Å². The second kappa shape index (κ2) is 4.15. The lowest BCUT2D eigenvalue weighted by atomic mass is 10.1. The number of aryl methyl sites for hydroxylation is 2. The predicted molar refractivity (Wildman–Crippen MR) is 78.1 cm³/mol. The van der Waals surface area contributed by atoms with Gasteiger partial charge >= 0.3 is 0 Å². The Morgan fingerprint density at radius 3 is 1.65 bits per heavy atom. The highest BCUT2D eigenvalue weighted by molar-refractivity contribution is 7.25. The van der Waals surface area contributed by atoms with E-state index in [1.807, 2.05) is 11.3 Å². The Kier molecular flexibility index (Phi) is 2.64. The van der Waals surface area contributed by atoms with Crippen LogP contribution in [0.3, 0.4) is 0 Å². The molecule has 3 aromatic rings. The molecule has 1 aromatic heterocycles. The summed E-state index contributed by atoms with van der Waals surface area (Å²) >= 11 is 1.92. The fourth-order valence-corrected chi connectivity index (χ4v) is 3.54. The minimum absolute atomic E-state index is 1.12. The summed E-state index contributed by atoms with van der Waals surface area (Å²) in [4.78, 5) is 0. The van der Waals surface area contributed by atoms with E-state index in [0.717, 1.165) is 12.8 Å². The summed E-state index contributed by atoms with van der Waals surface area (Å²) in [6.07, 6.45) is 2.23. The molecule has 0 amide bonds. The van der Waals surface area contributed by atoms with Gasteiger partial charge in [0, 0.05) is 20.2 Å². The van der Waals surface area contributed by atoms with E-state index in [4.69, 9.17) is 0 Å². The SMILES string of the molecule is CCc1ccc2c(c1)sc1cc(CC)ccc12. The molecule has 0 spiro atoms. The van der Waals surface area contributed by atoms with Crippen LogP contribution in [0.25, 0.3) is 20.2 Å². The summed E-state index contributed by atoms with van der Waals surface area (Å²) in [5.74, 6) is 0. The molecule has 0 N–H and O–H groups in total. The van der Waals surface area contributed by atoms with Crippen molar-refractivity contribution in [3.05, 3.63) is 47.5 Å². The van der Waals surface area contributed by atoms with Crippen LogP contribution in [0.1, 0.15) is 25.0 Å². The van der Waals surface area contributed by atoms with Gasteiger partial charge in [-0.15, -0.1) is 11.3 Å². The van der Waals surface area contributed by atoms with E-state index >= 15 is 0 Å². The lowest BCUT2D eigenvalue weighted by molar-refractivity contribution is 1.15. The zero-order chi connectivity index (χ0) is 11.8. The summed E-state index contributed by atoms with van der Waals surface area (Å²) in [6.45, 7) is 4.42. The number of fused-ring (bicyclic) bond motifs is 3. The van der Waals surface area contributed by atoms with E-state index in [1.54, 1.807) is 0 Å². The second-order valence-corrected chi connectivity index (χ2v) is 5.55. The summed E-state index contributed by atoms with van der Waals surface area (Å²) in [5, 5.41) is 2.81. The van der Waals surface area contributed by atoms with Crippen LogP contribution in [-0.4, -0.2) is 0 Å². The first-order valence-corrected chi connectivity index (χ1v) is 7.07. The van der Waals surface area contributed by atoms with Gasteiger partial charge in [-0.2, -0.15) is 0 Å². The maximum Gasteiger partial charge on any atom is 0.0358 e. The molecule has 1 heterocycles. The van der Waals surface area contributed by atoms with Crippen molar-refractivity contribution in [2.45, 2.75) is 26.7 Å². The summed E-state index contributed by atoms with van der Waals surface area (Å²) in [6, 6.07) is 13.7. The Balaban J connectivity index is 2.32. The van der Waals surface area contributed by atoms with Crippen molar-refractivity contribution in [1.82, 2.24) is 0 Å². The number of hydrogen-bond donors (Lipinski definition) is 0. The summed E-state index contributed by atoms with van der Waals surface area (Å²) in [7, 11) is 0. The minimum Gasteiger partial charge on any atom is -0.135 e. The molecular weight excluding hydrogens is 224 g/mol. The Morgan fingerprint density at radius 2 is 1.24 bits per heavy atom. The van der Waals surface area contributed by atoms with Gasteiger partial charge in [-0.1, -0.05) is 38.1 Å². The molecule has 0 saturated heterocycles. The van der Waals surface area contributed by atoms with Crippen LogP contribution in [0.4, 0.5) is 0 Å². The largest absolute Gasteiger partial charge is 0.135 e. The first-order chi connectivity index (χ1) is 8.31. The lowest BCUT2D eigenvalue weighted by Crippen LogP contribution is -1.78. The molecule has 0 aliphatic carbocycles. The van der Waals surface area contributed by atoms with Crippen molar-refractivity contribution in [2.24, 2.45) is 0 Å². The normalized spacial score (nSPS) is 11.4. The Bertz CT molecular complexity index is 618. The first kappa shape index (κ1) is 10.8. The van der Waals surface area contributed by atoms with Crippen LogP contribution in [0.15, 0.2) is 36.4 Å². The molecule has 0 bridgehead atoms. The highest BCUT2D eigenvalue weighted by Gasteiger charge is 2.05. The van der Waals surface area contributed by atoms with Gasteiger partial charge in [0.15, 0.2) is 0 Å². The van der Waals surface area contributed by atoms with Gasteiger partial charge in [-0.3, -0.25) is 0 Å². The Morgan fingerprint density at radius 1 is 0.765 bits per heavy atom. The topological polar surface area (TPSA) is 0 Å². The van der Waals surface area contributed by atoms with Crippen molar-refractivity contribution in [1.29, 1.82) is 0 Å². The Hall–Kier alpha value is -1.34. The van der Waals surface area contributed by atoms with Crippen LogP contribution in [0, 0.1) is 0 Å². The smallest absolute Gasteiger partial charge is 0.0358 e. The van der Waals surface area contributed by atoms with Gasteiger partial charge in [0.25, 0.3) is 0 Å². The third kappa shape index (κ3) is 1.75. The summed E-state index contributed by atoms with van der Waals surface area (Å²) in [5.41, 5.74) is 2.86. The van der Waals surface area contributed by atoms with Crippen LogP contribution in [-0.2, 0) is 12.8 Å². The number of rotatable bonds is 2. The second-order valence-electron chi connectivity index (χ2n) is 4.47. The molecule has 1 heteroatoms. The lowest BCUT2D eigenvalue weighted by Gasteiger charge is -1.97. The van der Waals surface area contributed by atoms with Crippen molar-refractivity contribution in [3.8, 4) is 0 Å². The van der Waals surface area contributed by atoms with Gasteiger partial charge in [0.05, 0.1) is 0 Å². The van der Waals surface area contributed by atoms with E-state index in [1.165, 1.54) is 31.3 Å². The molecule has 0 fully saturated rings. The van der Waals surface area contributed by atoms with E-state index in [0.29, 0.717) is 0 Å². The number of benzene rings is 2. The zero-order valence-electron chi connectivity index (χ0n) is 10.3. The van der Waals surface area contributed by atoms with E-state index in [9.17, 15) is 0 Å². The number of hydrogen-bond acceptors (Lipinski definition) is 1. The first-order valence-electron chi connectivity index (χ1n) is 6.26. The van der Waals surface area contributed by atoms with E-state index < -0.39 is 0 Å². The van der Waals surface area contributed by atoms with Crippen molar-refractivity contribution < 1.29 is 0 Å². The zero-order valence-corrected chi connectivity index (χ0v) is 11.1. The van der Waals surface area contributed by atoms with Crippen molar-refractivity contribution >= 4 is 31.5 Å². The van der Waals surface area contributed by atoms with Gasteiger partial charge in [-0.05, 0) is 36.1 Å². The van der Waals surface area contributed by atoms with Crippen LogP contribution in [0.5, 0.6) is 0 Å². The monoisotopic (exact) mass is 240 g/mol. The maximum absolute atomic E-state index is 2.34. The van der Waals surface area contributed by atoms with Crippen LogP contribution >= 0.6 is 11.3 Å². The third-order valence-corrected chi connectivity index (χ3v) is 4.53. The van der Waals surface area contributed by atoms with E-state index in [2.05, 4.69) is 50.2 Å². The molecule has 0 atom stereocenters. The Labute approximate surface area is 106 Å². The molecule has 3 rings (SSSR count). The highest BCUT2D eigenvalue weighted by Crippen LogP contribution is 2.35. The van der Waals surface area contributed by atoms with E-state index in [-0.39, 0.29) is 0 Å². The quantitative estimate of drug-likeness (QED) is 0.579. The molecule has 0 radical (unpaired) electrons. The predicted octanol–water partition coefficient (Wildman–Crippen LogP) is 5.18. The molecule has 0 nitrogen and oxygen atoms in total. The molecule has 17 heavy (non-hydrogen) atoms. The average molecular weight is 240 g/mol. The highest BCUT2D eigenvalue weighted by atomic mass is 32.1. The third-order valence-electron chi connectivity index (χ3n) is 3.42. The molecule has 0 aliphatic heterocycles. The molecule has 86 valence electrons. The van der Waals surface area contributed by atoms with Gasteiger partial charge < -0.3 is 0 Å². The number of thiophene rings is 1.